The van der Waals surface area contributed by atoms with E-state index in [2.05, 4.69) is 26.0 Å². The maximum absolute atomic E-state index is 13.7. The Hall–Kier alpha value is -1.94. The Morgan fingerprint density at radius 1 is 1.57 bits per heavy atom. The molecular formula is C14H12BrFN2O3. The standard InChI is InChI=1S/C14H12BrFN2O3/c1-21-14(20)8-5-10(16)12(15)9(6-17)13(8)18-11(19)4-7-2-3-7/h5,7H,2-4H2,1H3,(H,18,19). The summed E-state index contributed by atoms with van der Waals surface area (Å²) in [6.07, 6.45) is 2.31. The lowest BCUT2D eigenvalue weighted by molar-refractivity contribution is -0.116. The number of anilines is 1. The molecule has 0 spiro atoms. The van der Waals surface area contributed by atoms with Gasteiger partial charge in [0.2, 0.25) is 5.91 Å². The summed E-state index contributed by atoms with van der Waals surface area (Å²) >= 11 is 2.95. The van der Waals surface area contributed by atoms with E-state index in [1.54, 1.807) is 6.07 Å². The lowest BCUT2D eigenvalue weighted by Crippen LogP contribution is -2.17. The van der Waals surface area contributed by atoms with Crippen LogP contribution in [0.5, 0.6) is 0 Å². The Balaban J connectivity index is 2.43. The van der Waals surface area contributed by atoms with E-state index < -0.39 is 11.8 Å². The molecule has 1 aliphatic rings. The molecule has 21 heavy (non-hydrogen) atoms. The third kappa shape index (κ3) is 3.39. The van der Waals surface area contributed by atoms with Gasteiger partial charge in [0, 0.05) is 6.42 Å². The fourth-order valence-corrected chi connectivity index (χ4v) is 2.31. The van der Waals surface area contributed by atoms with Crippen LogP contribution < -0.4 is 5.32 Å². The van der Waals surface area contributed by atoms with E-state index in [0.29, 0.717) is 12.3 Å². The van der Waals surface area contributed by atoms with Gasteiger partial charge in [-0.2, -0.15) is 5.26 Å². The first-order valence-electron chi connectivity index (χ1n) is 6.28. The summed E-state index contributed by atoms with van der Waals surface area (Å²) in [5.41, 5.74) is -0.346. The lowest BCUT2D eigenvalue weighted by Gasteiger charge is -2.13. The Labute approximate surface area is 129 Å². The summed E-state index contributed by atoms with van der Waals surface area (Å²) in [4.78, 5) is 23.6. The number of benzene rings is 1. The number of carbonyl (C=O) groups excluding carboxylic acids is 2. The van der Waals surface area contributed by atoms with Gasteiger partial charge in [0.05, 0.1) is 28.4 Å². The molecule has 0 atom stereocenters. The summed E-state index contributed by atoms with van der Waals surface area (Å²) < 4.78 is 18.2. The van der Waals surface area contributed by atoms with Gasteiger partial charge in [-0.15, -0.1) is 0 Å². The van der Waals surface area contributed by atoms with Crippen LogP contribution in [0.3, 0.4) is 0 Å². The predicted molar refractivity (Wildman–Crippen MR) is 76.1 cm³/mol. The van der Waals surface area contributed by atoms with Crippen molar-refractivity contribution in [2.75, 3.05) is 12.4 Å². The Morgan fingerprint density at radius 2 is 2.24 bits per heavy atom. The van der Waals surface area contributed by atoms with Crippen molar-refractivity contribution in [3.8, 4) is 6.07 Å². The summed E-state index contributed by atoms with van der Waals surface area (Å²) in [6.45, 7) is 0. The molecule has 110 valence electrons. The Bertz CT molecular complexity index is 651. The normalized spacial score (nSPS) is 13.4. The third-order valence-corrected chi connectivity index (χ3v) is 3.95. The first kappa shape index (κ1) is 15.4. The average Bonchev–Trinajstić information content (AvgIpc) is 3.26. The SMILES string of the molecule is COC(=O)c1cc(F)c(Br)c(C#N)c1NC(=O)CC1CC1. The quantitative estimate of drug-likeness (QED) is 0.843. The van der Waals surface area contributed by atoms with Crippen LogP contribution in [0.15, 0.2) is 10.5 Å². The Kier molecular flexibility index (Phi) is 4.58. The molecule has 1 saturated carbocycles. The zero-order valence-corrected chi connectivity index (χ0v) is 12.8. The summed E-state index contributed by atoms with van der Waals surface area (Å²) in [5.74, 6) is -1.55. The van der Waals surface area contributed by atoms with Gasteiger partial charge in [0.25, 0.3) is 0 Å². The van der Waals surface area contributed by atoms with Crippen molar-refractivity contribution < 1.29 is 18.7 Å². The van der Waals surface area contributed by atoms with Gasteiger partial charge >= 0.3 is 5.97 Å². The highest BCUT2D eigenvalue weighted by molar-refractivity contribution is 9.10. The van der Waals surface area contributed by atoms with Crippen molar-refractivity contribution >= 4 is 33.5 Å². The highest BCUT2D eigenvalue weighted by atomic mass is 79.9. The monoisotopic (exact) mass is 354 g/mol. The number of amides is 1. The molecule has 0 saturated heterocycles. The average molecular weight is 355 g/mol. The smallest absolute Gasteiger partial charge is 0.340 e. The van der Waals surface area contributed by atoms with E-state index in [9.17, 15) is 14.0 Å². The molecule has 1 fully saturated rings. The summed E-state index contributed by atoms with van der Waals surface area (Å²) in [7, 11) is 1.14. The number of methoxy groups -OCH3 is 1. The number of hydrogen-bond donors (Lipinski definition) is 1. The molecule has 0 bridgehead atoms. The molecule has 1 aromatic carbocycles. The second-order valence-electron chi connectivity index (χ2n) is 4.77. The van der Waals surface area contributed by atoms with Crippen LogP contribution in [0.4, 0.5) is 10.1 Å². The minimum absolute atomic E-state index is 0.0247. The van der Waals surface area contributed by atoms with E-state index >= 15 is 0 Å². The summed E-state index contributed by atoms with van der Waals surface area (Å²) in [5, 5.41) is 11.7. The van der Waals surface area contributed by atoms with Crippen molar-refractivity contribution in [2.45, 2.75) is 19.3 Å². The van der Waals surface area contributed by atoms with Gasteiger partial charge in [0.1, 0.15) is 11.9 Å². The molecule has 0 aliphatic heterocycles. The minimum Gasteiger partial charge on any atom is -0.465 e. The number of rotatable bonds is 4. The minimum atomic E-state index is -0.820. The van der Waals surface area contributed by atoms with Gasteiger partial charge in [-0.3, -0.25) is 4.79 Å². The number of halogens is 2. The van der Waals surface area contributed by atoms with E-state index in [-0.39, 0.29) is 27.2 Å². The first-order chi connectivity index (χ1) is 9.97. The van der Waals surface area contributed by atoms with E-state index in [1.165, 1.54) is 0 Å². The number of hydrogen-bond acceptors (Lipinski definition) is 4. The number of carbonyl (C=O) groups is 2. The molecule has 0 heterocycles. The van der Waals surface area contributed by atoms with Crippen LogP contribution in [0.2, 0.25) is 0 Å². The molecule has 0 unspecified atom stereocenters. The topological polar surface area (TPSA) is 79.2 Å². The maximum atomic E-state index is 13.7. The zero-order valence-electron chi connectivity index (χ0n) is 11.2. The number of nitrogens with one attached hydrogen (secondary N) is 1. The van der Waals surface area contributed by atoms with Crippen LogP contribution in [0.25, 0.3) is 0 Å². The molecule has 1 N–H and O–H groups in total. The molecule has 0 radical (unpaired) electrons. The largest absolute Gasteiger partial charge is 0.465 e. The van der Waals surface area contributed by atoms with E-state index in [0.717, 1.165) is 26.0 Å². The molecule has 7 heteroatoms. The fraction of sp³-hybridized carbons (Fsp3) is 0.357. The maximum Gasteiger partial charge on any atom is 0.340 e. The van der Waals surface area contributed by atoms with Crippen molar-refractivity contribution in [3.63, 3.8) is 0 Å². The van der Waals surface area contributed by atoms with E-state index in [4.69, 9.17) is 5.26 Å². The number of nitrogens with zero attached hydrogens (tertiary/aromatic N) is 1. The number of ether oxygens (including phenoxy) is 1. The van der Waals surface area contributed by atoms with Gasteiger partial charge in [0.15, 0.2) is 0 Å². The lowest BCUT2D eigenvalue weighted by atomic mass is 10.1. The van der Waals surface area contributed by atoms with Crippen LogP contribution in [0.1, 0.15) is 35.2 Å². The second kappa shape index (κ2) is 6.22. The van der Waals surface area contributed by atoms with Gasteiger partial charge in [-0.25, -0.2) is 9.18 Å². The highest BCUT2D eigenvalue weighted by Gasteiger charge is 2.27. The van der Waals surface area contributed by atoms with Crippen LogP contribution in [-0.2, 0) is 9.53 Å². The molecule has 1 aliphatic carbocycles. The van der Waals surface area contributed by atoms with Gasteiger partial charge in [-0.05, 0) is 40.8 Å². The third-order valence-electron chi connectivity index (χ3n) is 3.17. The van der Waals surface area contributed by atoms with Crippen LogP contribution in [0, 0.1) is 23.1 Å². The van der Waals surface area contributed by atoms with Crippen molar-refractivity contribution in [3.05, 3.63) is 27.5 Å². The zero-order chi connectivity index (χ0) is 15.6. The second-order valence-corrected chi connectivity index (χ2v) is 5.56. The summed E-state index contributed by atoms with van der Waals surface area (Å²) in [6, 6.07) is 2.72. The van der Waals surface area contributed by atoms with Crippen LogP contribution in [-0.4, -0.2) is 19.0 Å². The number of esters is 1. The molecule has 5 nitrogen and oxygen atoms in total. The molecule has 1 amide bonds. The molecule has 2 rings (SSSR count). The number of nitriles is 1. The predicted octanol–water partition coefficient (Wildman–Crippen LogP) is 2.99. The first-order valence-corrected chi connectivity index (χ1v) is 7.07. The van der Waals surface area contributed by atoms with Crippen LogP contribution >= 0.6 is 15.9 Å². The van der Waals surface area contributed by atoms with E-state index in [1.807, 2.05) is 0 Å². The Morgan fingerprint density at radius 3 is 2.76 bits per heavy atom. The van der Waals surface area contributed by atoms with Crippen molar-refractivity contribution in [2.24, 2.45) is 5.92 Å². The van der Waals surface area contributed by atoms with Gasteiger partial charge < -0.3 is 10.1 Å². The van der Waals surface area contributed by atoms with Crippen molar-refractivity contribution in [1.29, 1.82) is 5.26 Å². The van der Waals surface area contributed by atoms with Crippen molar-refractivity contribution in [1.82, 2.24) is 0 Å². The molecule has 1 aromatic rings. The molecular weight excluding hydrogens is 343 g/mol. The fourth-order valence-electron chi connectivity index (χ4n) is 1.91. The van der Waals surface area contributed by atoms with Gasteiger partial charge in [-0.1, -0.05) is 0 Å². The highest BCUT2D eigenvalue weighted by Crippen LogP contribution is 2.34. The molecule has 0 aromatic heterocycles.